The lowest BCUT2D eigenvalue weighted by atomic mass is 10.2. The van der Waals surface area contributed by atoms with Gasteiger partial charge in [-0.2, -0.15) is 0 Å². The van der Waals surface area contributed by atoms with Crippen LogP contribution in [0.15, 0.2) is 41.8 Å². The Bertz CT molecular complexity index is 592. The fourth-order valence-electron chi connectivity index (χ4n) is 2.41. The maximum Gasteiger partial charge on any atom is 0.264 e. The average molecular weight is 290 g/mol. The van der Waals surface area contributed by atoms with Crippen LogP contribution in [-0.2, 0) is 0 Å². The predicted molar refractivity (Wildman–Crippen MR) is 78.8 cm³/mol. The van der Waals surface area contributed by atoms with Crippen LogP contribution in [-0.4, -0.2) is 37.0 Å². The maximum atomic E-state index is 13.7. The summed E-state index contributed by atoms with van der Waals surface area (Å²) in [6.45, 7) is 2.59. The number of hydrogen-bond acceptors (Lipinski definition) is 3. The van der Waals surface area contributed by atoms with E-state index in [4.69, 9.17) is 0 Å². The van der Waals surface area contributed by atoms with E-state index in [1.807, 2.05) is 33.4 Å². The zero-order valence-corrected chi connectivity index (χ0v) is 11.8. The fraction of sp³-hybridized carbons (Fsp3) is 0.267. The highest BCUT2D eigenvalue weighted by Gasteiger charge is 2.23. The summed E-state index contributed by atoms with van der Waals surface area (Å²) in [6, 6.07) is 10.5. The van der Waals surface area contributed by atoms with Crippen molar-refractivity contribution in [3.8, 4) is 0 Å². The number of rotatable bonds is 2. The van der Waals surface area contributed by atoms with E-state index in [1.54, 1.807) is 12.1 Å². The van der Waals surface area contributed by atoms with Gasteiger partial charge in [-0.05, 0) is 23.6 Å². The van der Waals surface area contributed by atoms with Crippen molar-refractivity contribution in [2.45, 2.75) is 0 Å². The molecule has 3 rings (SSSR count). The van der Waals surface area contributed by atoms with Crippen molar-refractivity contribution in [3.63, 3.8) is 0 Å². The Morgan fingerprint density at radius 1 is 1.05 bits per heavy atom. The second kappa shape index (κ2) is 5.63. The van der Waals surface area contributed by atoms with E-state index < -0.39 is 0 Å². The Labute approximate surface area is 121 Å². The molecule has 1 aliphatic rings. The van der Waals surface area contributed by atoms with E-state index >= 15 is 0 Å². The smallest absolute Gasteiger partial charge is 0.264 e. The van der Waals surface area contributed by atoms with E-state index in [1.165, 1.54) is 17.4 Å². The Kier molecular flexibility index (Phi) is 3.69. The van der Waals surface area contributed by atoms with Crippen molar-refractivity contribution in [3.05, 3.63) is 52.5 Å². The number of anilines is 1. The molecule has 2 heterocycles. The summed E-state index contributed by atoms with van der Waals surface area (Å²) in [4.78, 5) is 16.8. The summed E-state index contributed by atoms with van der Waals surface area (Å²) in [5.41, 5.74) is 0.621. The minimum Gasteiger partial charge on any atom is -0.366 e. The highest BCUT2D eigenvalue weighted by molar-refractivity contribution is 7.12. The van der Waals surface area contributed by atoms with Gasteiger partial charge in [-0.3, -0.25) is 4.79 Å². The molecule has 20 heavy (non-hydrogen) atoms. The molecular weight excluding hydrogens is 275 g/mol. The van der Waals surface area contributed by atoms with E-state index in [2.05, 4.69) is 0 Å². The first kappa shape index (κ1) is 13.1. The lowest BCUT2D eigenvalue weighted by Gasteiger charge is -2.36. The Hall–Kier alpha value is -1.88. The van der Waals surface area contributed by atoms with Crippen molar-refractivity contribution in [1.29, 1.82) is 0 Å². The number of thiophene rings is 1. The number of piperazine rings is 1. The minimum atomic E-state index is -0.203. The van der Waals surface area contributed by atoms with Crippen LogP contribution in [0.25, 0.3) is 0 Å². The van der Waals surface area contributed by atoms with Gasteiger partial charge in [0, 0.05) is 26.2 Å². The summed E-state index contributed by atoms with van der Waals surface area (Å²) in [5.74, 6) is -0.126. The van der Waals surface area contributed by atoms with Gasteiger partial charge < -0.3 is 9.80 Å². The molecule has 0 radical (unpaired) electrons. The van der Waals surface area contributed by atoms with Gasteiger partial charge in [-0.1, -0.05) is 18.2 Å². The van der Waals surface area contributed by atoms with Crippen molar-refractivity contribution in [2.75, 3.05) is 31.1 Å². The standard InChI is InChI=1S/C15H15FN2OS/c16-12-4-1-2-5-13(12)17-7-9-18(10-8-17)15(19)14-6-3-11-20-14/h1-6,11H,7-10H2. The van der Waals surface area contributed by atoms with Gasteiger partial charge in [0.1, 0.15) is 5.82 Å². The van der Waals surface area contributed by atoms with Crippen molar-refractivity contribution >= 4 is 22.9 Å². The molecule has 0 atom stereocenters. The number of carbonyl (C=O) groups is 1. The lowest BCUT2D eigenvalue weighted by molar-refractivity contribution is 0.0751. The van der Waals surface area contributed by atoms with E-state index in [-0.39, 0.29) is 11.7 Å². The molecular formula is C15H15FN2OS. The van der Waals surface area contributed by atoms with Crippen molar-refractivity contribution in [1.82, 2.24) is 4.90 Å². The lowest BCUT2D eigenvalue weighted by Crippen LogP contribution is -2.48. The molecule has 5 heteroatoms. The first-order valence-corrected chi connectivity index (χ1v) is 7.46. The third kappa shape index (κ3) is 2.54. The Balaban J connectivity index is 1.65. The average Bonchev–Trinajstić information content (AvgIpc) is 3.01. The third-order valence-corrected chi connectivity index (χ3v) is 4.35. The highest BCUT2D eigenvalue weighted by atomic mass is 32.1. The van der Waals surface area contributed by atoms with Gasteiger partial charge in [0.15, 0.2) is 0 Å². The molecule has 0 aliphatic carbocycles. The van der Waals surface area contributed by atoms with Gasteiger partial charge in [-0.25, -0.2) is 4.39 Å². The molecule has 1 saturated heterocycles. The second-order valence-electron chi connectivity index (χ2n) is 4.71. The topological polar surface area (TPSA) is 23.6 Å². The van der Waals surface area contributed by atoms with Crippen LogP contribution in [0.4, 0.5) is 10.1 Å². The number of hydrogen-bond donors (Lipinski definition) is 0. The molecule has 0 spiro atoms. The van der Waals surface area contributed by atoms with E-state index in [0.717, 1.165) is 4.88 Å². The second-order valence-corrected chi connectivity index (χ2v) is 5.66. The zero-order chi connectivity index (χ0) is 13.9. The number of benzene rings is 1. The van der Waals surface area contributed by atoms with Crippen LogP contribution in [0, 0.1) is 5.82 Å². The molecule has 0 N–H and O–H groups in total. The van der Waals surface area contributed by atoms with Crippen LogP contribution in [0.2, 0.25) is 0 Å². The number of nitrogens with zero attached hydrogens (tertiary/aromatic N) is 2. The Morgan fingerprint density at radius 2 is 1.80 bits per heavy atom. The minimum absolute atomic E-state index is 0.0770. The van der Waals surface area contributed by atoms with E-state index in [9.17, 15) is 9.18 Å². The first-order chi connectivity index (χ1) is 9.75. The van der Waals surface area contributed by atoms with Gasteiger partial charge in [0.25, 0.3) is 5.91 Å². The Morgan fingerprint density at radius 3 is 2.45 bits per heavy atom. The number of para-hydroxylation sites is 1. The summed E-state index contributed by atoms with van der Waals surface area (Å²) in [7, 11) is 0. The molecule has 1 amide bonds. The molecule has 1 aromatic carbocycles. The van der Waals surface area contributed by atoms with Gasteiger partial charge in [-0.15, -0.1) is 11.3 Å². The molecule has 1 aromatic heterocycles. The fourth-order valence-corrected chi connectivity index (χ4v) is 3.11. The first-order valence-electron chi connectivity index (χ1n) is 6.58. The summed E-state index contributed by atoms with van der Waals surface area (Å²) in [6.07, 6.45) is 0. The molecule has 0 unspecified atom stereocenters. The molecule has 0 saturated carbocycles. The summed E-state index contributed by atoms with van der Waals surface area (Å²) >= 11 is 1.46. The van der Waals surface area contributed by atoms with E-state index in [0.29, 0.717) is 31.9 Å². The molecule has 0 bridgehead atoms. The molecule has 1 fully saturated rings. The van der Waals surface area contributed by atoms with Crippen LogP contribution < -0.4 is 4.90 Å². The quantitative estimate of drug-likeness (QED) is 0.849. The van der Waals surface area contributed by atoms with Crippen molar-refractivity contribution in [2.24, 2.45) is 0 Å². The number of halogens is 1. The third-order valence-electron chi connectivity index (χ3n) is 3.49. The normalized spacial score (nSPS) is 15.4. The van der Waals surface area contributed by atoms with Crippen LogP contribution >= 0.6 is 11.3 Å². The van der Waals surface area contributed by atoms with Gasteiger partial charge in [0.05, 0.1) is 10.6 Å². The monoisotopic (exact) mass is 290 g/mol. The SMILES string of the molecule is O=C(c1cccs1)N1CCN(c2ccccc2F)CC1. The number of amides is 1. The highest BCUT2D eigenvalue weighted by Crippen LogP contribution is 2.21. The summed E-state index contributed by atoms with van der Waals surface area (Å²) in [5, 5.41) is 1.91. The summed E-state index contributed by atoms with van der Waals surface area (Å²) < 4.78 is 13.7. The largest absolute Gasteiger partial charge is 0.366 e. The van der Waals surface area contributed by atoms with Gasteiger partial charge >= 0.3 is 0 Å². The molecule has 104 valence electrons. The molecule has 2 aromatic rings. The maximum absolute atomic E-state index is 13.7. The van der Waals surface area contributed by atoms with Crippen molar-refractivity contribution < 1.29 is 9.18 Å². The van der Waals surface area contributed by atoms with Crippen LogP contribution in [0.1, 0.15) is 9.67 Å². The predicted octanol–water partition coefficient (Wildman–Crippen LogP) is 2.85. The number of carbonyl (C=O) groups excluding carboxylic acids is 1. The molecule has 1 aliphatic heterocycles. The zero-order valence-electron chi connectivity index (χ0n) is 11.0. The molecule has 3 nitrogen and oxygen atoms in total. The van der Waals surface area contributed by atoms with Crippen LogP contribution in [0.5, 0.6) is 0 Å². The van der Waals surface area contributed by atoms with Crippen LogP contribution in [0.3, 0.4) is 0 Å². The van der Waals surface area contributed by atoms with Gasteiger partial charge in [0.2, 0.25) is 0 Å².